The van der Waals surface area contributed by atoms with E-state index in [1.807, 2.05) is 4.90 Å². The van der Waals surface area contributed by atoms with Crippen molar-refractivity contribution in [2.45, 2.75) is 44.9 Å². The molecule has 2 amide bonds. The second kappa shape index (κ2) is 7.55. The highest BCUT2D eigenvalue weighted by Gasteiger charge is 2.45. The van der Waals surface area contributed by atoms with E-state index in [-0.39, 0.29) is 30.3 Å². The van der Waals surface area contributed by atoms with E-state index in [1.165, 1.54) is 0 Å². The first-order valence-electron chi connectivity index (χ1n) is 9.87. The number of nitrogens with two attached hydrogens (primary N) is 1. The molecule has 2 bridgehead atoms. The number of aliphatic hydroxyl groups excluding tert-OH is 1. The molecule has 5 heterocycles. The highest BCUT2D eigenvalue weighted by molar-refractivity contribution is 5.81. The number of primary amides is 1. The van der Waals surface area contributed by atoms with Crippen molar-refractivity contribution >= 4 is 11.8 Å². The van der Waals surface area contributed by atoms with Gasteiger partial charge in [0.15, 0.2) is 0 Å². The standard InChI is InChI=1S/C18H28N6O3/c19-17(26)12-1-4-22(5-2-12)18(27)16-10-23-6-3-13(16)7-15(23)9-24-8-14(11-25)20-21-24/h8,12-13,15-16,25H,1-7,9-11H2,(H2,19,26)/t13-,15-,16+/m1/s1. The number of piperidine rings is 4. The number of hydrogen-bond acceptors (Lipinski definition) is 6. The molecule has 4 aliphatic heterocycles. The fourth-order valence-electron chi connectivity index (χ4n) is 4.94. The van der Waals surface area contributed by atoms with Crippen LogP contribution in [-0.4, -0.2) is 73.9 Å². The summed E-state index contributed by atoms with van der Waals surface area (Å²) in [5.41, 5.74) is 5.98. The number of fused-ring (bicyclic) bond motifs is 3. The van der Waals surface area contributed by atoms with E-state index in [4.69, 9.17) is 10.8 Å². The van der Waals surface area contributed by atoms with Crippen LogP contribution in [0.4, 0.5) is 0 Å². The molecule has 3 N–H and O–H groups in total. The van der Waals surface area contributed by atoms with Gasteiger partial charge in [0.1, 0.15) is 5.69 Å². The van der Waals surface area contributed by atoms with Gasteiger partial charge in [-0.15, -0.1) is 5.10 Å². The Morgan fingerprint density at radius 1 is 1.22 bits per heavy atom. The van der Waals surface area contributed by atoms with E-state index in [0.717, 1.165) is 32.5 Å². The molecule has 148 valence electrons. The summed E-state index contributed by atoms with van der Waals surface area (Å²) in [6.07, 6.45) is 5.20. The Morgan fingerprint density at radius 3 is 2.59 bits per heavy atom. The summed E-state index contributed by atoms with van der Waals surface area (Å²) >= 11 is 0. The smallest absolute Gasteiger partial charge is 0.227 e. The molecule has 0 saturated carbocycles. The lowest BCUT2D eigenvalue weighted by molar-refractivity contribution is -0.146. The van der Waals surface area contributed by atoms with Crippen molar-refractivity contribution in [1.29, 1.82) is 0 Å². The molecule has 9 heteroatoms. The summed E-state index contributed by atoms with van der Waals surface area (Å²) < 4.78 is 1.79. The SMILES string of the molecule is NC(=O)C1CCN(C(=O)[C@H]2CN3CC[C@@H]2C[C@@H]3Cn2cc(CO)nn2)CC1. The van der Waals surface area contributed by atoms with Crippen LogP contribution in [0.2, 0.25) is 0 Å². The van der Waals surface area contributed by atoms with Gasteiger partial charge < -0.3 is 15.7 Å². The van der Waals surface area contributed by atoms with Gasteiger partial charge in [0, 0.05) is 31.6 Å². The Balaban J connectivity index is 1.34. The maximum Gasteiger partial charge on any atom is 0.227 e. The molecule has 9 nitrogen and oxygen atoms in total. The molecule has 0 spiro atoms. The van der Waals surface area contributed by atoms with E-state index in [1.54, 1.807) is 10.9 Å². The summed E-state index contributed by atoms with van der Waals surface area (Å²) in [6, 6.07) is 0.363. The first-order chi connectivity index (χ1) is 13.0. The largest absolute Gasteiger partial charge is 0.390 e. The summed E-state index contributed by atoms with van der Waals surface area (Å²) in [5.74, 6) is 0.377. The van der Waals surface area contributed by atoms with Crippen LogP contribution in [0, 0.1) is 17.8 Å². The van der Waals surface area contributed by atoms with Crippen molar-refractivity contribution in [3.05, 3.63) is 11.9 Å². The fourth-order valence-corrected chi connectivity index (χ4v) is 4.94. The number of rotatable bonds is 5. The maximum atomic E-state index is 13.1. The topological polar surface area (TPSA) is 118 Å². The number of carbonyl (C=O) groups is 2. The van der Waals surface area contributed by atoms with Crippen LogP contribution >= 0.6 is 0 Å². The summed E-state index contributed by atoms with van der Waals surface area (Å²) in [6.45, 7) is 3.74. The number of aromatic nitrogens is 3. The second-order valence-electron chi connectivity index (χ2n) is 8.13. The van der Waals surface area contributed by atoms with E-state index in [0.29, 0.717) is 43.6 Å². The van der Waals surface area contributed by atoms with Crippen LogP contribution in [0.3, 0.4) is 0 Å². The molecule has 1 unspecified atom stereocenters. The van der Waals surface area contributed by atoms with Gasteiger partial charge in [-0.1, -0.05) is 5.21 Å². The lowest BCUT2D eigenvalue weighted by Crippen LogP contribution is -2.59. The van der Waals surface area contributed by atoms with Crippen LogP contribution in [0.15, 0.2) is 6.20 Å². The third kappa shape index (κ3) is 3.70. The van der Waals surface area contributed by atoms with Crippen LogP contribution in [0.5, 0.6) is 0 Å². The number of nitrogens with zero attached hydrogens (tertiary/aromatic N) is 5. The van der Waals surface area contributed by atoms with Gasteiger partial charge >= 0.3 is 0 Å². The molecule has 0 aromatic carbocycles. The minimum atomic E-state index is -0.245. The Bertz CT molecular complexity index is 699. The Morgan fingerprint density at radius 2 is 2.00 bits per heavy atom. The Hall–Kier alpha value is -2.00. The van der Waals surface area contributed by atoms with Crippen LogP contribution in [-0.2, 0) is 22.7 Å². The Kier molecular flexibility index (Phi) is 5.14. The number of likely N-dealkylation sites (tertiary alicyclic amines) is 1. The van der Waals surface area contributed by atoms with Crippen LogP contribution in [0.25, 0.3) is 0 Å². The van der Waals surface area contributed by atoms with Crippen molar-refractivity contribution in [1.82, 2.24) is 24.8 Å². The summed E-state index contributed by atoms with van der Waals surface area (Å²) in [5, 5.41) is 17.2. The minimum absolute atomic E-state index is 0.0591. The van der Waals surface area contributed by atoms with Crippen LogP contribution < -0.4 is 5.73 Å². The highest BCUT2D eigenvalue weighted by Crippen LogP contribution is 2.38. The van der Waals surface area contributed by atoms with Crippen molar-refractivity contribution < 1.29 is 14.7 Å². The zero-order valence-corrected chi connectivity index (χ0v) is 15.5. The fraction of sp³-hybridized carbons (Fsp3) is 0.778. The third-order valence-corrected chi connectivity index (χ3v) is 6.55. The molecule has 5 rings (SSSR count). The molecule has 4 aliphatic rings. The van der Waals surface area contributed by atoms with Gasteiger partial charge in [-0.2, -0.15) is 0 Å². The average molecular weight is 376 g/mol. The molecule has 27 heavy (non-hydrogen) atoms. The summed E-state index contributed by atoms with van der Waals surface area (Å²) in [4.78, 5) is 28.7. The summed E-state index contributed by atoms with van der Waals surface area (Å²) in [7, 11) is 0. The van der Waals surface area contributed by atoms with E-state index in [2.05, 4.69) is 15.2 Å². The zero-order valence-electron chi connectivity index (χ0n) is 15.5. The molecule has 4 fully saturated rings. The van der Waals surface area contributed by atoms with E-state index in [9.17, 15) is 9.59 Å². The zero-order chi connectivity index (χ0) is 19.0. The molecule has 0 radical (unpaired) electrons. The average Bonchev–Trinajstić information content (AvgIpc) is 3.15. The number of amides is 2. The van der Waals surface area contributed by atoms with Crippen molar-refractivity contribution in [3.8, 4) is 0 Å². The predicted molar refractivity (Wildman–Crippen MR) is 96.0 cm³/mol. The number of carbonyl (C=O) groups excluding carboxylic acids is 2. The Labute approximate surface area is 158 Å². The second-order valence-corrected chi connectivity index (χ2v) is 8.13. The first-order valence-corrected chi connectivity index (χ1v) is 9.87. The monoisotopic (exact) mass is 376 g/mol. The maximum absolute atomic E-state index is 13.1. The van der Waals surface area contributed by atoms with Gasteiger partial charge in [0.25, 0.3) is 0 Å². The van der Waals surface area contributed by atoms with Gasteiger partial charge in [0.05, 0.1) is 25.3 Å². The molecular formula is C18H28N6O3. The lowest BCUT2D eigenvalue weighted by atomic mass is 9.74. The van der Waals surface area contributed by atoms with Gasteiger partial charge in [0.2, 0.25) is 11.8 Å². The molecule has 1 aromatic heterocycles. The number of aliphatic hydroxyl groups is 1. The van der Waals surface area contributed by atoms with Gasteiger partial charge in [-0.25, -0.2) is 0 Å². The molecule has 1 aromatic rings. The third-order valence-electron chi connectivity index (χ3n) is 6.55. The van der Waals surface area contributed by atoms with Gasteiger partial charge in [-0.3, -0.25) is 19.2 Å². The molecule has 4 saturated heterocycles. The minimum Gasteiger partial charge on any atom is -0.390 e. The van der Waals surface area contributed by atoms with Crippen molar-refractivity contribution in [2.24, 2.45) is 23.5 Å². The van der Waals surface area contributed by atoms with Gasteiger partial charge in [-0.05, 0) is 38.1 Å². The normalized spacial score (nSPS) is 31.2. The number of hydrogen-bond donors (Lipinski definition) is 2. The lowest BCUT2D eigenvalue weighted by Gasteiger charge is -2.50. The molecule has 4 atom stereocenters. The predicted octanol–water partition coefficient (Wildman–Crippen LogP) is -0.795. The van der Waals surface area contributed by atoms with E-state index >= 15 is 0 Å². The molecule has 0 aliphatic carbocycles. The van der Waals surface area contributed by atoms with Crippen molar-refractivity contribution in [3.63, 3.8) is 0 Å². The quantitative estimate of drug-likeness (QED) is 0.695. The molecular weight excluding hydrogens is 348 g/mol. The van der Waals surface area contributed by atoms with Crippen molar-refractivity contribution in [2.75, 3.05) is 26.2 Å². The first kappa shape index (κ1) is 18.4. The van der Waals surface area contributed by atoms with Crippen LogP contribution in [0.1, 0.15) is 31.4 Å². The highest BCUT2D eigenvalue weighted by atomic mass is 16.3. The van der Waals surface area contributed by atoms with E-state index < -0.39 is 0 Å².